The van der Waals surface area contributed by atoms with E-state index in [0.717, 1.165) is 0 Å². The second-order valence-electron chi connectivity index (χ2n) is 9.25. The summed E-state index contributed by atoms with van der Waals surface area (Å²) < 4.78 is 292. The van der Waals surface area contributed by atoms with E-state index in [1.807, 2.05) is 0 Å². The van der Waals surface area contributed by atoms with E-state index in [-0.39, 0.29) is 0 Å². The summed E-state index contributed by atoms with van der Waals surface area (Å²) in [6, 6.07) is 0. The highest BCUT2D eigenvalue weighted by atomic mass is 19.2. The normalized spacial score (nSPS) is 12.0. The molecule has 0 saturated carbocycles. The molecule has 0 heterocycles. The Hall–Kier alpha value is -4.46. The van der Waals surface area contributed by atoms with Crippen molar-refractivity contribution in [2.45, 2.75) is 6.32 Å². The van der Waals surface area contributed by atoms with E-state index in [9.17, 15) is 61.5 Å². The maximum Gasteiger partial charge on any atom is 0.200 e. The highest BCUT2D eigenvalue weighted by Gasteiger charge is 2.49. The van der Waals surface area contributed by atoms with Gasteiger partial charge in [0.05, 0.1) is 0 Å². The van der Waals surface area contributed by atoms with Crippen LogP contribution in [0.3, 0.4) is 0 Å². The molecule has 0 atom stereocenters. The molecule has 4 rings (SSSR count). The number of hydrogen-bond acceptors (Lipinski definition) is 0. The van der Waals surface area contributed by atoms with Gasteiger partial charge in [0.25, 0.3) is 0 Å². The molecule has 0 saturated heterocycles. The Labute approximate surface area is 239 Å². The van der Waals surface area contributed by atoms with Crippen LogP contribution in [0, 0.1) is 116 Å². The zero-order valence-corrected chi connectivity index (χ0v) is 20.8. The highest BCUT2D eigenvalue weighted by Crippen LogP contribution is 2.32. The van der Waals surface area contributed by atoms with Gasteiger partial charge in [0.2, 0.25) is 5.82 Å². The van der Waals surface area contributed by atoms with Crippen LogP contribution in [0.1, 0.15) is 5.56 Å². The zero-order chi connectivity index (χ0) is 35.1. The first kappa shape index (κ1) is 34.4. The summed E-state index contributed by atoms with van der Waals surface area (Å²) in [5.41, 5.74) is -12.7. The van der Waals surface area contributed by atoms with Crippen LogP contribution < -0.4 is 16.4 Å². The van der Waals surface area contributed by atoms with Gasteiger partial charge >= 0.3 is 0 Å². The smallest absolute Gasteiger partial charge is 0.200 e. The minimum Gasteiger partial charge on any atom is -0.207 e. The third-order valence-electron chi connectivity index (χ3n) is 7.02. The molecule has 4 aromatic rings. The summed E-state index contributed by atoms with van der Waals surface area (Å²) in [5, 5.41) is 0. The molecule has 0 unspecified atom stereocenters. The first-order valence-electron chi connectivity index (χ1n) is 11.4. The van der Waals surface area contributed by atoms with Crippen molar-refractivity contribution in [3.63, 3.8) is 0 Å². The van der Waals surface area contributed by atoms with Crippen LogP contribution >= 0.6 is 0 Å². The molecule has 0 aliphatic heterocycles. The molecule has 0 nitrogen and oxygen atoms in total. The van der Waals surface area contributed by atoms with E-state index in [0.29, 0.717) is 0 Å². The lowest BCUT2D eigenvalue weighted by molar-refractivity contribution is 0.371. The Balaban J connectivity index is 2.54. The Morgan fingerprint density at radius 1 is 0.217 bits per heavy atom. The molecule has 246 valence electrons. The molecule has 0 amide bonds. The molecule has 0 N–H and O–H groups in total. The lowest BCUT2D eigenvalue weighted by atomic mass is 9.13. The van der Waals surface area contributed by atoms with Gasteiger partial charge in [-0.1, -0.05) is 0 Å². The van der Waals surface area contributed by atoms with Crippen molar-refractivity contribution in [1.82, 2.24) is 0 Å². The lowest BCUT2D eigenvalue weighted by Crippen LogP contribution is -2.75. The number of rotatable bonds is 5. The van der Waals surface area contributed by atoms with E-state index < -0.39 is 151 Å². The van der Waals surface area contributed by atoms with Crippen LogP contribution in [0.4, 0.5) is 87.8 Å². The van der Waals surface area contributed by atoms with E-state index in [1.165, 1.54) is 0 Å². The second-order valence-corrected chi connectivity index (χ2v) is 9.25. The van der Waals surface area contributed by atoms with Crippen LogP contribution in [0.5, 0.6) is 0 Å². The maximum atomic E-state index is 15.4. The molecule has 0 spiro atoms. The molecule has 4 aromatic carbocycles. The number of hydrogen-bond donors (Lipinski definition) is 0. The Kier molecular flexibility index (Phi) is 8.54. The Bertz CT molecular complexity index is 1700. The first-order valence-corrected chi connectivity index (χ1v) is 11.4. The lowest BCUT2D eigenvalue weighted by Gasteiger charge is -2.44. The standard InChI is InChI=1S/C25H2BF20/c27-6-2(7(28)15(36)22(43)14(6)35)1-26(3-8(29)16(37)23(44)17(38)9(3)30,4-10(31)18(39)24(45)19(40)11(4)32)5-12(33)20(41)25(46)21(42)13(5)34/h1H2/q-1. The summed E-state index contributed by atoms with van der Waals surface area (Å²) >= 11 is 0. The van der Waals surface area contributed by atoms with E-state index in [1.54, 1.807) is 0 Å². The van der Waals surface area contributed by atoms with Gasteiger partial charge in [-0.25, -0.2) is 87.8 Å². The molecule has 0 aliphatic carbocycles. The van der Waals surface area contributed by atoms with E-state index >= 15 is 26.3 Å². The third-order valence-corrected chi connectivity index (χ3v) is 7.02. The van der Waals surface area contributed by atoms with Gasteiger partial charge in [-0.3, -0.25) is 0 Å². The molecule has 21 heteroatoms. The zero-order valence-electron chi connectivity index (χ0n) is 20.8. The fourth-order valence-corrected chi connectivity index (χ4v) is 5.04. The van der Waals surface area contributed by atoms with Gasteiger partial charge in [0.1, 0.15) is 41.0 Å². The van der Waals surface area contributed by atoms with Crippen LogP contribution in [0.15, 0.2) is 0 Å². The van der Waals surface area contributed by atoms with Gasteiger partial charge in [-0.15, -0.1) is 22.7 Å². The molecular weight excluding hydrogens is 691 g/mol. The van der Waals surface area contributed by atoms with Crippen LogP contribution in [0.25, 0.3) is 0 Å². The van der Waals surface area contributed by atoms with Crippen LogP contribution in [0.2, 0.25) is 0 Å². The van der Waals surface area contributed by atoms with Crippen molar-refractivity contribution < 1.29 is 87.8 Å². The summed E-state index contributed by atoms with van der Waals surface area (Å²) in [4.78, 5) is 0. The van der Waals surface area contributed by atoms with E-state index in [2.05, 4.69) is 0 Å². The predicted octanol–water partition coefficient (Wildman–Crippen LogP) is 6.72. The fourth-order valence-electron chi connectivity index (χ4n) is 5.04. The van der Waals surface area contributed by atoms with Crippen molar-refractivity contribution in [2.75, 3.05) is 0 Å². The van der Waals surface area contributed by atoms with Crippen LogP contribution in [-0.4, -0.2) is 6.15 Å². The topological polar surface area (TPSA) is 0 Å². The molecule has 0 aliphatic rings. The van der Waals surface area contributed by atoms with Crippen molar-refractivity contribution in [1.29, 1.82) is 0 Å². The number of halogens is 20. The molecule has 0 fully saturated rings. The molecule has 0 bridgehead atoms. The van der Waals surface area contributed by atoms with Gasteiger partial charge in [-0.05, 0) is 5.56 Å². The van der Waals surface area contributed by atoms with Gasteiger partial charge in [0, 0.05) is 0 Å². The average Bonchev–Trinajstić information content (AvgIpc) is 3.02. The fraction of sp³-hybridized carbons (Fsp3) is 0.0400. The minimum atomic E-state index is -6.61. The number of benzene rings is 4. The van der Waals surface area contributed by atoms with Crippen molar-refractivity contribution in [3.8, 4) is 0 Å². The van der Waals surface area contributed by atoms with Crippen molar-refractivity contribution >= 4 is 22.5 Å². The largest absolute Gasteiger partial charge is 0.207 e. The average molecular weight is 693 g/mol. The summed E-state index contributed by atoms with van der Waals surface area (Å²) in [7, 11) is 0. The van der Waals surface area contributed by atoms with Crippen LogP contribution in [-0.2, 0) is 6.32 Å². The monoisotopic (exact) mass is 693 g/mol. The van der Waals surface area contributed by atoms with Gasteiger partial charge < -0.3 is 0 Å². The summed E-state index contributed by atoms with van der Waals surface area (Å²) in [6.45, 7) is 0. The Morgan fingerprint density at radius 3 is 0.565 bits per heavy atom. The van der Waals surface area contributed by atoms with Crippen molar-refractivity contribution in [2.24, 2.45) is 0 Å². The SMILES string of the molecule is Fc1c(F)c(F)c(C[B-](c2c(F)c(F)c(F)c(F)c2F)(c2c(F)c(F)c(F)c(F)c2F)c2c(F)c(F)c(F)c(F)c2F)c(F)c1F. The summed E-state index contributed by atoms with van der Waals surface area (Å²) in [5.74, 6) is -67.3. The molecule has 0 aromatic heterocycles. The predicted molar refractivity (Wildman–Crippen MR) is 113 cm³/mol. The van der Waals surface area contributed by atoms with Gasteiger partial charge in [0.15, 0.2) is 75.6 Å². The highest BCUT2D eigenvalue weighted by molar-refractivity contribution is 7.11. The second kappa shape index (κ2) is 11.4. The van der Waals surface area contributed by atoms with Gasteiger partial charge in [-0.2, -0.15) is 0 Å². The quantitative estimate of drug-likeness (QED) is 0.0944. The molecule has 0 radical (unpaired) electrons. The van der Waals surface area contributed by atoms with Crippen molar-refractivity contribution in [3.05, 3.63) is 122 Å². The maximum absolute atomic E-state index is 15.4. The Morgan fingerprint density at radius 2 is 0.370 bits per heavy atom. The molecule has 46 heavy (non-hydrogen) atoms. The first-order chi connectivity index (χ1) is 21.2. The minimum absolute atomic E-state index is 2.80. The third kappa shape index (κ3) is 4.48. The molecular formula is C25H2BF20-. The van der Waals surface area contributed by atoms with E-state index in [4.69, 9.17) is 0 Å². The summed E-state index contributed by atoms with van der Waals surface area (Å²) in [6.07, 6.45) is -9.82.